The van der Waals surface area contributed by atoms with Gasteiger partial charge in [0.1, 0.15) is 11.5 Å². The van der Waals surface area contributed by atoms with Crippen molar-refractivity contribution in [2.45, 2.75) is 20.8 Å². The molecule has 3 heteroatoms. The van der Waals surface area contributed by atoms with Crippen LogP contribution >= 0.6 is 0 Å². The molecule has 0 radical (unpaired) electrons. The molecule has 3 nitrogen and oxygen atoms in total. The molecule has 0 fully saturated rings. The Morgan fingerprint density at radius 3 is 2.27 bits per heavy atom. The number of aryl methyl sites for hydroxylation is 2. The van der Waals surface area contributed by atoms with Crippen molar-refractivity contribution in [1.82, 2.24) is 0 Å². The number of Topliss-reactive ketones (excluding diaryl/α,β-unsaturated/α-hetero) is 1. The van der Waals surface area contributed by atoms with Gasteiger partial charge in [-0.2, -0.15) is 0 Å². The Labute approximate surface area is 90.4 Å². The van der Waals surface area contributed by atoms with Crippen LogP contribution in [-0.4, -0.2) is 19.4 Å². The molecule has 15 heavy (non-hydrogen) atoms. The molecule has 0 aliphatic rings. The maximum Gasteiger partial charge on any atom is 0.148 e. The fourth-order valence-electron chi connectivity index (χ4n) is 1.60. The third-order valence-electron chi connectivity index (χ3n) is 2.21. The third kappa shape index (κ3) is 2.98. The number of methoxy groups -OCH3 is 1. The molecule has 0 amide bonds. The number of nitrogens with one attached hydrogen (secondary N) is 1. The highest BCUT2D eigenvalue weighted by molar-refractivity contribution is 5.80. The van der Waals surface area contributed by atoms with Gasteiger partial charge in [0.15, 0.2) is 0 Å². The molecule has 82 valence electrons. The summed E-state index contributed by atoms with van der Waals surface area (Å²) in [5.74, 6) is 1.03. The summed E-state index contributed by atoms with van der Waals surface area (Å²) in [6, 6.07) is 3.96. The largest absolute Gasteiger partial charge is 0.496 e. The summed E-state index contributed by atoms with van der Waals surface area (Å²) in [7, 11) is 1.66. The normalized spacial score (nSPS) is 9.87. The van der Waals surface area contributed by atoms with Gasteiger partial charge in [-0.15, -0.1) is 0 Å². The summed E-state index contributed by atoms with van der Waals surface area (Å²) < 4.78 is 5.26. The van der Waals surface area contributed by atoms with Crippen molar-refractivity contribution in [2.75, 3.05) is 19.0 Å². The average molecular weight is 207 g/mol. The van der Waals surface area contributed by atoms with E-state index in [1.54, 1.807) is 14.0 Å². The fourth-order valence-corrected chi connectivity index (χ4v) is 1.60. The van der Waals surface area contributed by atoms with Crippen LogP contribution in [-0.2, 0) is 4.79 Å². The Hall–Kier alpha value is -1.51. The maximum atomic E-state index is 10.8. The van der Waals surface area contributed by atoms with Crippen molar-refractivity contribution in [3.05, 3.63) is 23.3 Å². The van der Waals surface area contributed by atoms with Gasteiger partial charge in [-0.3, -0.25) is 4.79 Å². The van der Waals surface area contributed by atoms with Crippen molar-refractivity contribution in [3.63, 3.8) is 0 Å². The lowest BCUT2D eigenvalue weighted by atomic mass is 10.1. The maximum absolute atomic E-state index is 10.8. The van der Waals surface area contributed by atoms with Gasteiger partial charge < -0.3 is 10.1 Å². The first-order chi connectivity index (χ1) is 7.04. The van der Waals surface area contributed by atoms with E-state index in [1.807, 2.05) is 26.0 Å². The molecule has 1 aromatic rings. The van der Waals surface area contributed by atoms with Crippen molar-refractivity contribution in [1.29, 1.82) is 0 Å². The molecule has 0 aliphatic heterocycles. The molecule has 0 aromatic heterocycles. The van der Waals surface area contributed by atoms with E-state index in [0.717, 1.165) is 22.6 Å². The topological polar surface area (TPSA) is 38.3 Å². The van der Waals surface area contributed by atoms with Gasteiger partial charge in [-0.05, 0) is 44.0 Å². The molecule has 1 aromatic carbocycles. The Balaban J connectivity index is 2.88. The quantitative estimate of drug-likeness (QED) is 0.823. The van der Waals surface area contributed by atoms with Gasteiger partial charge in [0.05, 0.1) is 13.7 Å². The Bertz CT molecular complexity index is 349. The zero-order chi connectivity index (χ0) is 11.4. The molecule has 1 rings (SSSR count). The van der Waals surface area contributed by atoms with Crippen LogP contribution in [0.15, 0.2) is 12.1 Å². The summed E-state index contributed by atoms with van der Waals surface area (Å²) in [6.07, 6.45) is 0. The van der Waals surface area contributed by atoms with Crippen LogP contribution in [0.1, 0.15) is 18.1 Å². The smallest absolute Gasteiger partial charge is 0.148 e. The number of anilines is 1. The van der Waals surface area contributed by atoms with Gasteiger partial charge in [0, 0.05) is 5.69 Å². The Morgan fingerprint density at radius 1 is 1.33 bits per heavy atom. The molecule has 0 saturated carbocycles. The van der Waals surface area contributed by atoms with E-state index in [9.17, 15) is 4.79 Å². The second-order valence-corrected chi connectivity index (χ2v) is 3.70. The molecule has 0 heterocycles. The highest BCUT2D eigenvalue weighted by Crippen LogP contribution is 2.26. The molecule has 0 bridgehead atoms. The zero-order valence-electron chi connectivity index (χ0n) is 9.68. The minimum Gasteiger partial charge on any atom is -0.496 e. The standard InChI is InChI=1S/C12H17NO2/c1-8-5-11(13-7-10(3)14)6-9(2)12(8)15-4/h5-6,13H,7H2,1-4H3. The summed E-state index contributed by atoms with van der Waals surface area (Å²) in [6.45, 7) is 5.91. The number of benzene rings is 1. The second-order valence-electron chi connectivity index (χ2n) is 3.70. The van der Waals surface area contributed by atoms with E-state index in [4.69, 9.17) is 4.74 Å². The monoisotopic (exact) mass is 207 g/mol. The minimum atomic E-state index is 0.126. The molecule has 0 atom stereocenters. The second kappa shape index (κ2) is 4.82. The van der Waals surface area contributed by atoms with Gasteiger partial charge in [-0.1, -0.05) is 0 Å². The molecule has 0 saturated heterocycles. The number of hydrogen-bond acceptors (Lipinski definition) is 3. The number of ketones is 1. The Kier molecular flexibility index (Phi) is 3.72. The van der Waals surface area contributed by atoms with Crippen LogP contribution in [0.5, 0.6) is 5.75 Å². The number of carbonyl (C=O) groups excluding carboxylic acids is 1. The number of hydrogen-bond donors (Lipinski definition) is 1. The molecule has 0 spiro atoms. The minimum absolute atomic E-state index is 0.126. The molecule has 0 aliphatic carbocycles. The molecule has 0 unspecified atom stereocenters. The van der Waals surface area contributed by atoms with Crippen molar-refractivity contribution < 1.29 is 9.53 Å². The van der Waals surface area contributed by atoms with E-state index in [-0.39, 0.29) is 5.78 Å². The number of carbonyl (C=O) groups is 1. The predicted molar refractivity (Wildman–Crippen MR) is 61.6 cm³/mol. The lowest BCUT2D eigenvalue weighted by molar-refractivity contribution is -0.115. The lowest BCUT2D eigenvalue weighted by Crippen LogP contribution is -2.10. The zero-order valence-corrected chi connectivity index (χ0v) is 9.68. The summed E-state index contributed by atoms with van der Waals surface area (Å²) in [4.78, 5) is 10.8. The summed E-state index contributed by atoms with van der Waals surface area (Å²) in [5, 5.41) is 3.07. The van der Waals surface area contributed by atoms with Crippen LogP contribution in [0.3, 0.4) is 0 Å². The predicted octanol–water partition coefficient (Wildman–Crippen LogP) is 2.31. The highest BCUT2D eigenvalue weighted by atomic mass is 16.5. The van der Waals surface area contributed by atoms with Gasteiger partial charge in [0.2, 0.25) is 0 Å². The van der Waals surface area contributed by atoms with Crippen LogP contribution in [0.2, 0.25) is 0 Å². The van der Waals surface area contributed by atoms with Gasteiger partial charge in [0.25, 0.3) is 0 Å². The summed E-state index contributed by atoms with van der Waals surface area (Å²) >= 11 is 0. The molecule has 1 N–H and O–H groups in total. The van der Waals surface area contributed by atoms with Gasteiger partial charge >= 0.3 is 0 Å². The van der Waals surface area contributed by atoms with E-state index < -0.39 is 0 Å². The van der Waals surface area contributed by atoms with Gasteiger partial charge in [-0.25, -0.2) is 0 Å². The van der Waals surface area contributed by atoms with Crippen LogP contribution in [0.25, 0.3) is 0 Å². The SMILES string of the molecule is COc1c(C)cc(NCC(C)=O)cc1C. The number of ether oxygens (including phenoxy) is 1. The van der Waals surface area contributed by atoms with Crippen molar-refractivity contribution in [3.8, 4) is 5.75 Å². The fraction of sp³-hybridized carbons (Fsp3) is 0.417. The lowest BCUT2D eigenvalue weighted by Gasteiger charge is -2.12. The first kappa shape index (κ1) is 11.6. The number of rotatable bonds is 4. The average Bonchev–Trinajstić information content (AvgIpc) is 2.14. The molecular formula is C12H17NO2. The van der Waals surface area contributed by atoms with E-state index in [2.05, 4.69) is 5.32 Å². The summed E-state index contributed by atoms with van der Waals surface area (Å²) in [5.41, 5.74) is 3.10. The van der Waals surface area contributed by atoms with E-state index in [0.29, 0.717) is 6.54 Å². The van der Waals surface area contributed by atoms with E-state index >= 15 is 0 Å². The van der Waals surface area contributed by atoms with Crippen LogP contribution in [0, 0.1) is 13.8 Å². The highest BCUT2D eigenvalue weighted by Gasteiger charge is 2.05. The van der Waals surface area contributed by atoms with E-state index in [1.165, 1.54) is 0 Å². The van der Waals surface area contributed by atoms with Crippen LogP contribution < -0.4 is 10.1 Å². The third-order valence-corrected chi connectivity index (χ3v) is 2.21. The van der Waals surface area contributed by atoms with Crippen LogP contribution in [0.4, 0.5) is 5.69 Å². The molecular weight excluding hydrogens is 190 g/mol. The van der Waals surface area contributed by atoms with Crippen molar-refractivity contribution >= 4 is 11.5 Å². The first-order valence-corrected chi connectivity index (χ1v) is 4.93. The van der Waals surface area contributed by atoms with Crippen molar-refractivity contribution in [2.24, 2.45) is 0 Å². The Morgan fingerprint density at radius 2 is 1.87 bits per heavy atom. The first-order valence-electron chi connectivity index (χ1n) is 4.93.